The van der Waals surface area contributed by atoms with Crippen LogP contribution in [-0.4, -0.2) is 68.3 Å². The van der Waals surface area contributed by atoms with Crippen LogP contribution < -0.4 is 4.74 Å². The van der Waals surface area contributed by atoms with Gasteiger partial charge in [-0.15, -0.1) is 21.1 Å². The van der Waals surface area contributed by atoms with Crippen molar-refractivity contribution in [1.82, 2.24) is 24.1 Å². The summed E-state index contributed by atoms with van der Waals surface area (Å²) in [4.78, 5) is 33.3. The highest BCUT2D eigenvalue weighted by Gasteiger charge is 2.50. The second-order valence-corrected chi connectivity index (χ2v) is 10.5. The molecule has 4 rings (SSSR count). The maximum Gasteiger partial charge on any atom is 0.323 e. The first-order valence-corrected chi connectivity index (χ1v) is 12.8. The number of carbonyl (C=O) groups excluding carboxylic acids is 1. The standard InChI is InChI=1S/C20H20FN5O6S2/c1-11-7-25(34(2,30)31)16(19(28)29)15(11)17-23-20(32-8-12-3-5-13(21)6-4-12)26(24-17)18(27)14-9-33-10-22-14/h3-6,9-11,15-16H,7-8H2,1-2H3,(H,28,29). The third-order valence-corrected chi connectivity index (χ3v) is 7.24. The van der Waals surface area contributed by atoms with Crippen LogP contribution in [0.1, 0.15) is 34.7 Å². The van der Waals surface area contributed by atoms with Crippen molar-refractivity contribution in [2.24, 2.45) is 5.92 Å². The molecule has 1 aromatic carbocycles. The SMILES string of the molecule is CC1CN(S(C)(=O)=O)C(C(=O)O)C1c1nc(OCc2ccc(F)cc2)n(C(=O)c2cscn2)n1. The third-order valence-electron chi connectivity index (χ3n) is 5.43. The smallest absolute Gasteiger partial charge is 0.323 e. The molecule has 180 valence electrons. The molecule has 0 radical (unpaired) electrons. The van der Waals surface area contributed by atoms with Crippen molar-refractivity contribution < 1.29 is 32.2 Å². The monoisotopic (exact) mass is 509 g/mol. The molecule has 0 saturated carbocycles. The van der Waals surface area contributed by atoms with E-state index in [1.807, 2.05) is 0 Å². The minimum Gasteiger partial charge on any atom is -0.480 e. The number of aliphatic carboxylic acids is 1. The van der Waals surface area contributed by atoms with Crippen molar-refractivity contribution in [2.75, 3.05) is 12.8 Å². The Morgan fingerprint density at radius 1 is 1.29 bits per heavy atom. The molecule has 3 unspecified atom stereocenters. The molecule has 3 aromatic rings. The van der Waals surface area contributed by atoms with Crippen LogP contribution in [0, 0.1) is 11.7 Å². The number of hydrogen-bond donors (Lipinski definition) is 1. The first-order valence-electron chi connectivity index (χ1n) is 10.0. The number of carboxylic acids is 1. The maximum atomic E-state index is 13.2. The van der Waals surface area contributed by atoms with Crippen LogP contribution in [0.25, 0.3) is 0 Å². The highest BCUT2D eigenvalue weighted by atomic mass is 32.2. The number of carbonyl (C=O) groups is 2. The van der Waals surface area contributed by atoms with Gasteiger partial charge in [-0.2, -0.15) is 9.29 Å². The number of halogens is 1. The molecular weight excluding hydrogens is 489 g/mol. The number of thiazole rings is 1. The number of benzene rings is 1. The fraction of sp³-hybridized carbons (Fsp3) is 0.350. The zero-order chi connectivity index (χ0) is 24.6. The normalized spacial score (nSPS) is 21.0. The Labute approximate surface area is 197 Å². The third kappa shape index (κ3) is 4.69. The molecule has 1 fully saturated rings. The van der Waals surface area contributed by atoms with Crippen molar-refractivity contribution >= 4 is 33.2 Å². The van der Waals surface area contributed by atoms with E-state index in [0.29, 0.717) is 5.56 Å². The minimum atomic E-state index is -3.82. The Hall–Kier alpha value is -3.23. The van der Waals surface area contributed by atoms with Crippen molar-refractivity contribution in [3.63, 3.8) is 0 Å². The number of sulfonamides is 1. The van der Waals surface area contributed by atoms with Gasteiger partial charge in [0.2, 0.25) is 10.0 Å². The summed E-state index contributed by atoms with van der Waals surface area (Å²) in [5.74, 6) is -3.83. The summed E-state index contributed by atoms with van der Waals surface area (Å²) in [6.07, 6.45) is 0.938. The van der Waals surface area contributed by atoms with Gasteiger partial charge in [0, 0.05) is 11.9 Å². The Kier molecular flexibility index (Phi) is 6.47. The van der Waals surface area contributed by atoms with E-state index in [4.69, 9.17) is 4.74 Å². The number of carboxylic acid groups (broad SMARTS) is 1. The first kappa shape index (κ1) is 23.9. The molecule has 1 saturated heterocycles. The molecule has 0 bridgehead atoms. The fourth-order valence-corrected chi connectivity index (χ4v) is 5.52. The summed E-state index contributed by atoms with van der Waals surface area (Å²) >= 11 is 1.20. The van der Waals surface area contributed by atoms with Gasteiger partial charge in [0.25, 0.3) is 0 Å². The summed E-state index contributed by atoms with van der Waals surface area (Å²) in [6, 6.07) is 3.86. The van der Waals surface area contributed by atoms with Crippen LogP contribution in [0.15, 0.2) is 35.2 Å². The predicted molar refractivity (Wildman–Crippen MR) is 117 cm³/mol. The predicted octanol–water partition coefficient (Wildman–Crippen LogP) is 1.59. The van der Waals surface area contributed by atoms with Crippen LogP contribution in [0.4, 0.5) is 4.39 Å². The largest absolute Gasteiger partial charge is 0.480 e. The van der Waals surface area contributed by atoms with Gasteiger partial charge in [0.15, 0.2) is 5.82 Å². The molecule has 0 aliphatic carbocycles. The quantitative estimate of drug-likeness (QED) is 0.502. The Morgan fingerprint density at radius 3 is 2.59 bits per heavy atom. The van der Waals surface area contributed by atoms with Gasteiger partial charge in [0.05, 0.1) is 17.7 Å². The summed E-state index contributed by atoms with van der Waals surface area (Å²) in [5, 5.41) is 15.5. The van der Waals surface area contributed by atoms with Gasteiger partial charge >= 0.3 is 17.9 Å². The lowest BCUT2D eigenvalue weighted by molar-refractivity contribution is -0.141. The van der Waals surface area contributed by atoms with Crippen molar-refractivity contribution in [3.8, 4) is 6.01 Å². The highest BCUT2D eigenvalue weighted by Crippen LogP contribution is 2.38. The average Bonchev–Trinajstić information content (AvgIpc) is 3.50. The number of ether oxygens (including phenoxy) is 1. The zero-order valence-electron chi connectivity index (χ0n) is 18.0. The molecule has 1 aliphatic heterocycles. The average molecular weight is 510 g/mol. The van der Waals surface area contributed by atoms with Gasteiger partial charge < -0.3 is 9.84 Å². The Bertz CT molecular complexity index is 1310. The molecule has 0 spiro atoms. The topological polar surface area (TPSA) is 145 Å². The van der Waals surface area contributed by atoms with E-state index in [1.165, 1.54) is 46.5 Å². The summed E-state index contributed by atoms with van der Waals surface area (Å²) in [7, 11) is -3.82. The molecule has 11 nitrogen and oxygen atoms in total. The van der Waals surface area contributed by atoms with E-state index in [2.05, 4.69) is 15.1 Å². The Balaban J connectivity index is 1.72. The highest BCUT2D eigenvalue weighted by molar-refractivity contribution is 7.88. The lowest BCUT2D eigenvalue weighted by atomic mass is 9.91. The molecule has 3 atom stereocenters. The molecule has 34 heavy (non-hydrogen) atoms. The van der Waals surface area contributed by atoms with Crippen LogP contribution >= 0.6 is 11.3 Å². The first-order chi connectivity index (χ1) is 16.1. The van der Waals surface area contributed by atoms with E-state index in [1.54, 1.807) is 6.92 Å². The van der Waals surface area contributed by atoms with E-state index < -0.39 is 45.6 Å². The molecule has 1 aliphatic rings. The summed E-state index contributed by atoms with van der Waals surface area (Å²) < 4.78 is 45.0. The van der Waals surface area contributed by atoms with Gasteiger partial charge in [-0.05, 0) is 23.6 Å². The molecule has 14 heteroatoms. The Morgan fingerprint density at radius 2 is 2.00 bits per heavy atom. The van der Waals surface area contributed by atoms with Crippen molar-refractivity contribution in [1.29, 1.82) is 0 Å². The van der Waals surface area contributed by atoms with E-state index in [0.717, 1.165) is 15.2 Å². The minimum absolute atomic E-state index is 0.0382. The van der Waals surface area contributed by atoms with Gasteiger partial charge in [0.1, 0.15) is 24.2 Å². The maximum absolute atomic E-state index is 13.2. The zero-order valence-corrected chi connectivity index (χ0v) is 19.7. The number of aromatic nitrogens is 4. The number of hydrogen-bond acceptors (Lipinski definition) is 9. The van der Waals surface area contributed by atoms with E-state index in [9.17, 15) is 27.5 Å². The number of rotatable bonds is 7. The van der Waals surface area contributed by atoms with Crippen LogP contribution in [0.3, 0.4) is 0 Å². The van der Waals surface area contributed by atoms with Crippen molar-refractivity contribution in [3.05, 3.63) is 58.1 Å². The molecule has 0 amide bonds. The fourth-order valence-electron chi connectivity index (χ4n) is 3.85. The van der Waals surface area contributed by atoms with E-state index in [-0.39, 0.29) is 30.7 Å². The van der Waals surface area contributed by atoms with Gasteiger partial charge in [-0.25, -0.2) is 17.8 Å². The molecule has 3 heterocycles. The molecular formula is C20H20FN5O6S2. The summed E-state index contributed by atoms with van der Waals surface area (Å²) in [6.45, 7) is 1.58. The summed E-state index contributed by atoms with van der Waals surface area (Å²) in [5.41, 5.74) is 2.15. The van der Waals surface area contributed by atoms with Gasteiger partial charge in [-0.3, -0.25) is 9.59 Å². The second-order valence-electron chi connectivity index (χ2n) is 7.88. The van der Waals surface area contributed by atoms with Crippen LogP contribution in [-0.2, 0) is 21.4 Å². The second kappa shape index (κ2) is 9.19. The molecule has 2 aromatic heterocycles. The lowest BCUT2D eigenvalue weighted by Crippen LogP contribution is -2.42. The lowest BCUT2D eigenvalue weighted by Gasteiger charge is -2.21. The molecule has 1 N–H and O–H groups in total. The van der Waals surface area contributed by atoms with Crippen LogP contribution in [0.5, 0.6) is 6.01 Å². The van der Waals surface area contributed by atoms with E-state index >= 15 is 0 Å². The van der Waals surface area contributed by atoms with Crippen molar-refractivity contribution in [2.45, 2.75) is 25.5 Å². The number of nitrogens with zero attached hydrogens (tertiary/aromatic N) is 5. The van der Waals surface area contributed by atoms with Crippen LogP contribution in [0.2, 0.25) is 0 Å². The van der Waals surface area contributed by atoms with Gasteiger partial charge in [-0.1, -0.05) is 19.1 Å².